The fourth-order valence-electron chi connectivity index (χ4n) is 1.07. The summed E-state index contributed by atoms with van der Waals surface area (Å²) >= 11 is 0. The number of unbranched alkanes of at least 4 members (excludes halogenated alkanes) is 1. The van der Waals surface area contributed by atoms with Crippen molar-refractivity contribution >= 4 is 12.3 Å². The molecule has 0 unspecified atom stereocenters. The average Bonchev–Trinajstić information content (AvgIpc) is 2.29. The highest BCUT2D eigenvalue weighted by molar-refractivity contribution is 5.90. The smallest absolute Gasteiger partial charge is 0.338 e. The minimum atomic E-state index is -0.346. The van der Waals surface area contributed by atoms with Crippen molar-refractivity contribution in [2.45, 2.75) is 19.8 Å². The Hall–Kier alpha value is -1.64. The van der Waals surface area contributed by atoms with E-state index < -0.39 is 0 Å². The Labute approximate surface area is 89.1 Å². The quantitative estimate of drug-likeness (QED) is 0.546. The molecule has 1 rings (SSSR count). The fraction of sp³-hybridized carbons (Fsp3) is 0.333. The Morgan fingerprint density at radius 2 is 2.00 bits per heavy atom. The maximum atomic E-state index is 11.4. The van der Waals surface area contributed by atoms with E-state index in [2.05, 4.69) is 0 Å². The first kappa shape index (κ1) is 11.4. The SMILES string of the molecule is CCCCOC(=O)c1ccc([C]=O)cc1. The largest absolute Gasteiger partial charge is 0.462 e. The molecular weight excluding hydrogens is 192 g/mol. The highest BCUT2D eigenvalue weighted by Crippen LogP contribution is 2.04. The van der Waals surface area contributed by atoms with Crippen molar-refractivity contribution in [3.05, 3.63) is 35.4 Å². The normalized spacial score (nSPS) is 9.67. The first-order chi connectivity index (χ1) is 7.27. The zero-order chi connectivity index (χ0) is 11.1. The van der Waals surface area contributed by atoms with Crippen molar-refractivity contribution in [1.82, 2.24) is 0 Å². The van der Waals surface area contributed by atoms with Gasteiger partial charge in [-0.3, -0.25) is 4.79 Å². The van der Waals surface area contributed by atoms with Crippen molar-refractivity contribution in [2.75, 3.05) is 6.61 Å². The van der Waals surface area contributed by atoms with Gasteiger partial charge in [0.25, 0.3) is 0 Å². The van der Waals surface area contributed by atoms with Crippen molar-refractivity contribution < 1.29 is 14.3 Å². The maximum Gasteiger partial charge on any atom is 0.338 e. The van der Waals surface area contributed by atoms with Crippen LogP contribution in [0.2, 0.25) is 0 Å². The predicted octanol–water partition coefficient (Wildman–Crippen LogP) is 2.10. The Bertz CT molecular complexity index is 327. The molecule has 0 spiro atoms. The van der Waals surface area contributed by atoms with E-state index in [-0.39, 0.29) is 5.97 Å². The van der Waals surface area contributed by atoms with E-state index in [0.717, 1.165) is 12.8 Å². The van der Waals surface area contributed by atoms with Crippen LogP contribution in [0.1, 0.15) is 35.7 Å². The number of carbonyl (C=O) groups excluding carboxylic acids is 2. The van der Waals surface area contributed by atoms with Crippen molar-refractivity contribution in [2.24, 2.45) is 0 Å². The molecule has 0 N–H and O–H groups in total. The van der Waals surface area contributed by atoms with Gasteiger partial charge < -0.3 is 4.74 Å². The third-order valence-corrected chi connectivity index (χ3v) is 1.97. The molecule has 1 aromatic carbocycles. The summed E-state index contributed by atoms with van der Waals surface area (Å²) in [6, 6.07) is 6.22. The Morgan fingerprint density at radius 3 is 2.53 bits per heavy atom. The van der Waals surface area contributed by atoms with Gasteiger partial charge in [-0.05, 0) is 18.6 Å². The van der Waals surface area contributed by atoms with Gasteiger partial charge in [0.05, 0.1) is 12.2 Å². The third-order valence-electron chi connectivity index (χ3n) is 1.97. The number of hydrogen-bond donors (Lipinski definition) is 0. The number of rotatable bonds is 5. The number of hydrogen-bond acceptors (Lipinski definition) is 3. The second-order valence-electron chi connectivity index (χ2n) is 3.17. The van der Waals surface area contributed by atoms with E-state index in [1.807, 2.05) is 6.92 Å². The summed E-state index contributed by atoms with van der Waals surface area (Å²) in [5.74, 6) is -0.346. The zero-order valence-corrected chi connectivity index (χ0v) is 8.66. The van der Waals surface area contributed by atoms with Gasteiger partial charge in [-0.2, -0.15) is 0 Å². The van der Waals surface area contributed by atoms with Gasteiger partial charge >= 0.3 is 5.97 Å². The van der Waals surface area contributed by atoms with Gasteiger partial charge in [-0.25, -0.2) is 4.79 Å². The minimum absolute atomic E-state index is 0.346. The van der Waals surface area contributed by atoms with Gasteiger partial charge in [0.2, 0.25) is 6.29 Å². The fourth-order valence-corrected chi connectivity index (χ4v) is 1.07. The van der Waals surface area contributed by atoms with Crippen LogP contribution in [0.5, 0.6) is 0 Å². The van der Waals surface area contributed by atoms with E-state index in [1.54, 1.807) is 30.6 Å². The van der Waals surface area contributed by atoms with Gasteiger partial charge in [-0.15, -0.1) is 0 Å². The first-order valence-corrected chi connectivity index (χ1v) is 4.93. The number of carbonyl (C=O) groups is 1. The lowest BCUT2D eigenvalue weighted by atomic mass is 10.1. The molecule has 1 radical (unpaired) electrons. The van der Waals surface area contributed by atoms with Crippen molar-refractivity contribution in [1.29, 1.82) is 0 Å². The molecule has 0 aromatic heterocycles. The molecular formula is C12H13O3. The lowest BCUT2D eigenvalue weighted by molar-refractivity contribution is 0.0500. The number of benzene rings is 1. The molecule has 0 aliphatic carbocycles. The van der Waals surface area contributed by atoms with Crippen molar-refractivity contribution in [3.8, 4) is 0 Å². The van der Waals surface area contributed by atoms with Gasteiger partial charge in [0.1, 0.15) is 0 Å². The molecule has 0 saturated heterocycles. The van der Waals surface area contributed by atoms with Crippen LogP contribution in [0, 0.1) is 0 Å². The molecule has 3 nitrogen and oxygen atoms in total. The molecule has 79 valence electrons. The van der Waals surface area contributed by atoms with E-state index in [1.165, 1.54) is 0 Å². The molecule has 0 aliphatic rings. The summed E-state index contributed by atoms with van der Waals surface area (Å²) in [4.78, 5) is 21.7. The molecule has 0 atom stereocenters. The second kappa shape index (κ2) is 5.96. The van der Waals surface area contributed by atoms with Gasteiger partial charge in [-0.1, -0.05) is 25.5 Å². The lowest BCUT2D eigenvalue weighted by Gasteiger charge is -2.03. The molecule has 0 fully saturated rings. The van der Waals surface area contributed by atoms with Crippen LogP contribution >= 0.6 is 0 Å². The van der Waals surface area contributed by atoms with Crippen LogP contribution in [0.25, 0.3) is 0 Å². The van der Waals surface area contributed by atoms with Gasteiger partial charge in [0, 0.05) is 5.56 Å². The van der Waals surface area contributed by atoms with E-state index in [0.29, 0.717) is 17.7 Å². The first-order valence-electron chi connectivity index (χ1n) is 4.93. The van der Waals surface area contributed by atoms with E-state index in [9.17, 15) is 9.59 Å². The van der Waals surface area contributed by atoms with Crippen LogP contribution in [0.15, 0.2) is 24.3 Å². The molecule has 0 saturated carbocycles. The number of ether oxygens (including phenoxy) is 1. The van der Waals surface area contributed by atoms with E-state index in [4.69, 9.17) is 4.74 Å². The van der Waals surface area contributed by atoms with Crippen LogP contribution in [-0.2, 0) is 9.53 Å². The average molecular weight is 205 g/mol. The van der Waals surface area contributed by atoms with Crippen LogP contribution in [0.3, 0.4) is 0 Å². The summed E-state index contributed by atoms with van der Waals surface area (Å²) in [5.41, 5.74) is 0.894. The second-order valence-corrected chi connectivity index (χ2v) is 3.17. The summed E-state index contributed by atoms with van der Waals surface area (Å²) in [6.07, 6.45) is 3.60. The highest BCUT2D eigenvalue weighted by Gasteiger charge is 2.05. The topological polar surface area (TPSA) is 43.4 Å². The molecule has 0 bridgehead atoms. The van der Waals surface area contributed by atoms with E-state index >= 15 is 0 Å². The van der Waals surface area contributed by atoms with Gasteiger partial charge in [0.15, 0.2) is 0 Å². The standard InChI is InChI=1S/C12H13O3/c1-2-3-8-15-12(14)11-6-4-10(9-13)5-7-11/h4-7H,2-3,8H2,1H3. The molecule has 3 heteroatoms. The minimum Gasteiger partial charge on any atom is -0.462 e. The monoisotopic (exact) mass is 205 g/mol. The summed E-state index contributed by atoms with van der Waals surface area (Å²) in [6.45, 7) is 2.47. The third kappa shape index (κ3) is 3.54. The highest BCUT2D eigenvalue weighted by atomic mass is 16.5. The molecule has 1 aromatic rings. The van der Waals surface area contributed by atoms with Crippen LogP contribution < -0.4 is 0 Å². The van der Waals surface area contributed by atoms with Crippen LogP contribution in [0.4, 0.5) is 0 Å². The molecule has 15 heavy (non-hydrogen) atoms. The summed E-state index contributed by atoms with van der Waals surface area (Å²) in [7, 11) is 0. The maximum absolute atomic E-state index is 11.4. The molecule has 0 heterocycles. The molecule has 0 amide bonds. The molecule has 0 aliphatic heterocycles. The van der Waals surface area contributed by atoms with Crippen molar-refractivity contribution in [3.63, 3.8) is 0 Å². The van der Waals surface area contributed by atoms with Crippen LogP contribution in [-0.4, -0.2) is 18.9 Å². The summed E-state index contributed by atoms with van der Waals surface area (Å²) in [5, 5.41) is 0. The Balaban J connectivity index is 2.54. The number of esters is 1. The summed E-state index contributed by atoms with van der Waals surface area (Å²) < 4.78 is 5.00. The predicted molar refractivity (Wildman–Crippen MR) is 56.4 cm³/mol. The zero-order valence-electron chi connectivity index (χ0n) is 8.66. The lowest BCUT2D eigenvalue weighted by Crippen LogP contribution is -2.06. The Kier molecular flexibility index (Phi) is 4.54. The Morgan fingerprint density at radius 1 is 1.33 bits per heavy atom.